The van der Waals surface area contributed by atoms with Gasteiger partial charge in [0, 0.05) is 19.3 Å². The van der Waals surface area contributed by atoms with Gasteiger partial charge in [-0.3, -0.25) is 14.4 Å². The van der Waals surface area contributed by atoms with E-state index < -0.39 is 6.10 Å². The second-order valence-corrected chi connectivity index (χ2v) is 23.8. The Bertz CT molecular complexity index is 1430. The number of hydrogen-bond donors (Lipinski definition) is 0. The fraction of sp³-hybridized carbons (Fsp3) is 0.824. The molecule has 0 aromatic heterocycles. The number of rotatable bonds is 65. The first-order valence-corrected chi connectivity index (χ1v) is 35.3. The highest BCUT2D eigenvalue weighted by Gasteiger charge is 2.19. The molecule has 0 fully saturated rings. The van der Waals surface area contributed by atoms with E-state index in [1.54, 1.807) is 0 Å². The van der Waals surface area contributed by atoms with E-state index in [1.165, 1.54) is 238 Å². The number of carbonyl (C=O) groups is 3. The van der Waals surface area contributed by atoms with Crippen molar-refractivity contribution in [3.8, 4) is 0 Å². The molecule has 0 rings (SSSR count). The summed E-state index contributed by atoms with van der Waals surface area (Å²) in [5, 5.41) is 0. The zero-order valence-corrected chi connectivity index (χ0v) is 53.6. The first kappa shape index (κ1) is 77.1. The molecule has 466 valence electrons. The standard InChI is InChI=1S/C74H134O6/c1-4-7-10-13-16-19-22-24-26-28-30-32-33-34-35-36-37-38-39-40-42-43-45-47-49-52-55-58-61-64-67-73(76)79-70-71(69-78-72(75)66-63-60-57-54-51-21-18-15-12-9-6-3)80-74(77)68-65-62-59-56-53-50-48-46-44-41-31-29-27-25-23-20-17-14-11-8-5-2/h8,11,15,17-18,20,25,27,31,41,71H,4-7,9-10,12-14,16,19,21-24,26,28-30,32-40,42-70H2,1-3H3/b11-8-,18-15-,20-17-,27-25-,41-31-. The van der Waals surface area contributed by atoms with Crippen LogP contribution in [0.25, 0.3) is 0 Å². The van der Waals surface area contributed by atoms with Crippen LogP contribution >= 0.6 is 0 Å². The molecule has 0 saturated carbocycles. The molecule has 0 aliphatic rings. The molecule has 0 aromatic carbocycles. The monoisotopic (exact) mass is 1120 g/mol. The Labute approximate surface area is 498 Å². The highest BCUT2D eigenvalue weighted by Crippen LogP contribution is 2.18. The smallest absolute Gasteiger partial charge is 0.306 e. The lowest BCUT2D eigenvalue weighted by Crippen LogP contribution is -2.30. The molecule has 80 heavy (non-hydrogen) atoms. The van der Waals surface area contributed by atoms with Crippen molar-refractivity contribution in [1.29, 1.82) is 0 Å². The molecule has 0 amide bonds. The molecule has 0 aliphatic heterocycles. The molecule has 6 heteroatoms. The maximum Gasteiger partial charge on any atom is 0.306 e. The van der Waals surface area contributed by atoms with E-state index >= 15 is 0 Å². The Morgan fingerprint density at radius 2 is 0.500 bits per heavy atom. The van der Waals surface area contributed by atoms with E-state index in [4.69, 9.17) is 14.2 Å². The van der Waals surface area contributed by atoms with Gasteiger partial charge in [-0.05, 0) is 77.0 Å². The van der Waals surface area contributed by atoms with Gasteiger partial charge in [-0.1, -0.05) is 338 Å². The van der Waals surface area contributed by atoms with Crippen LogP contribution in [0.15, 0.2) is 60.8 Å². The van der Waals surface area contributed by atoms with Crippen molar-refractivity contribution >= 4 is 17.9 Å². The van der Waals surface area contributed by atoms with Gasteiger partial charge < -0.3 is 14.2 Å². The zero-order valence-electron chi connectivity index (χ0n) is 53.6. The minimum Gasteiger partial charge on any atom is -0.462 e. The van der Waals surface area contributed by atoms with Gasteiger partial charge in [0.2, 0.25) is 0 Å². The van der Waals surface area contributed by atoms with Crippen LogP contribution in [0.4, 0.5) is 0 Å². The Hall–Kier alpha value is -2.89. The molecule has 0 saturated heterocycles. The molecule has 6 nitrogen and oxygen atoms in total. The highest BCUT2D eigenvalue weighted by molar-refractivity contribution is 5.71. The summed E-state index contributed by atoms with van der Waals surface area (Å²) in [6.45, 7) is 6.53. The largest absolute Gasteiger partial charge is 0.462 e. The van der Waals surface area contributed by atoms with E-state index in [1.807, 2.05) is 0 Å². The van der Waals surface area contributed by atoms with E-state index in [9.17, 15) is 14.4 Å². The summed E-state index contributed by atoms with van der Waals surface area (Å²) in [7, 11) is 0. The quantitative estimate of drug-likeness (QED) is 0.0261. The third kappa shape index (κ3) is 65.9. The Kier molecular flexibility index (Phi) is 66.1. The second-order valence-electron chi connectivity index (χ2n) is 23.8. The van der Waals surface area contributed by atoms with E-state index in [2.05, 4.69) is 81.5 Å². The van der Waals surface area contributed by atoms with Crippen LogP contribution in [0, 0.1) is 0 Å². The van der Waals surface area contributed by atoms with Crippen molar-refractivity contribution in [3.05, 3.63) is 60.8 Å². The van der Waals surface area contributed by atoms with Gasteiger partial charge in [0.1, 0.15) is 13.2 Å². The Morgan fingerprint density at radius 3 is 0.812 bits per heavy atom. The average Bonchev–Trinajstić information content (AvgIpc) is 3.46. The minimum atomic E-state index is -0.782. The number of carbonyl (C=O) groups excluding carboxylic acids is 3. The van der Waals surface area contributed by atoms with Crippen LogP contribution in [0.2, 0.25) is 0 Å². The molecule has 0 bridgehead atoms. The van der Waals surface area contributed by atoms with Gasteiger partial charge in [-0.15, -0.1) is 0 Å². The van der Waals surface area contributed by atoms with Crippen molar-refractivity contribution < 1.29 is 28.6 Å². The van der Waals surface area contributed by atoms with E-state index in [0.717, 1.165) is 96.3 Å². The predicted molar refractivity (Wildman–Crippen MR) is 348 cm³/mol. The number of hydrogen-bond acceptors (Lipinski definition) is 6. The molecule has 0 aliphatic carbocycles. The van der Waals surface area contributed by atoms with Crippen LogP contribution in [-0.2, 0) is 28.6 Å². The summed E-state index contributed by atoms with van der Waals surface area (Å²) in [5.74, 6) is -0.875. The third-order valence-electron chi connectivity index (χ3n) is 15.8. The lowest BCUT2D eigenvalue weighted by Gasteiger charge is -2.18. The van der Waals surface area contributed by atoms with Crippen molar-refractivity contribution in [3.63, 3.8) is 0 Å². The van der Waals surface area contributed by atoms with E-state index in [-0.39, 0.29) is 31.1 Å². The summed E-state index contributed by atoms with van der Waals surface area (Å²) in [4.78, 5) is 38.3. The molecule has 0 N–H and O–H groups in total. The van der Waals surface area contributed by atoms with Gasteiger partial charge in [-0.2, -0.15) is 0 Å². The lowest BCUT2D eigenvalue weighted by atomic mass is 10.0. The summed E-state index contributed by atoms with van der Waals surface area (Å²) in [6.07, 6.45) is 88.4. The normalized spacial score (nSPS) is 12.4. The van der Waals surface area contributed by atoms with Crippen LogP contribution in [0.5, 0.6) is 0 Å². The first-order chi connectivity index (χ1) is 39.5. The van der Waals surface area contributed by atoms with Gasteiger partial charge in [0.15, 0.2) is 6.10 Å². The summed E-state index contributed by atoms with van der Waals surface area (Å²) >= 11 is 0. The summed E-state index contributed by atoms with van der Waals surface area (Å²) in [6, 6.07) is 0. The number of unbranched alkanes of at least 4 members (excludes halogenated alkanes) is 44. The average molecular weight is 1120 g/mol. The van der Waals surface area contributed by atoms with Crippen LogP contribution in [0.3, 0.4) is 0 Å². The summed E-state index contributed by atoms with van der Waals surface area (Å²) in [5.41, 5.74) is 0. The van der Waals surface area contributed by atoms with Crippen LogP contribution < -0.4 is 0 Å². The van der Waals surface area contributed by atoms with Crippen molar-refractivity contribution in [2.24, 2.45) is 0 Å². The maximum absolute atomic E-state index is 12.9. The number of allylic oxidation sites excluding steroid dienone is 10. The lowest BCUT2D eigenvalue weighted by molar-refractivity contribution is -0.167. The highest BCUT2D eigenvalue weighted by atomic mass is 16.6. The molecule has 0 radical (unpaired) electrons. The zero-order chi connectivity index (χ0) is 57.8. The Balaban J connectivity index is 4.15. The molecule has 0 aromatic rings. The molecular weight excluding hydrogens is 985 g/mol. The SMILES string of the molecule is CC/C=C\C/C=C\C/C=C\C/C=C\CCCCCCCCCCC(=O)OC(COC(=O)CCCCCCC/C=C\CCCC)COC(=O)CCCCCCCCCCCCCCCCCCCCCCCCCCCCCCCC. The number of esters is 3. The van der Waals surface area contributed by atoms with Gasteiger partial charge in [0.05, 0.1) is 0 Å². The topological polar surface area (TPSA) is 78.9 Å². The van der Waals surface area contributed by atoms with Gasteiger partial charge in [0.25, 0.3) is 0 Å². The molecule has 0 heterocycles. The van der Waals surface area contributed by atoms with Crippen molar-refractivity contribution in [2.75, 3.05) is 13.2 Å². The van der Waals surface area contributed by atoms with E-state index in [0.29, 0.717) is 19.3 Å². The first-order valence-electron chi connectivity index (χ1n) is 35.3. The van der Waals surface area contributed by atoms with Crippen LogP contribution in [0.1, 0.15) is 374 Å². The third-order valence-corrected chi connectivity index (χ3v) is 15.8. The molecule has 0 spiro atoms. The minimum absolute atomic E-state index is 0.0768. The fourth-order valence-electron chi connectivity index (χ4n) is 10.5. The summed E-state index contributed by atoms with van der Waals surface area (Å²) < 4.78 is 16.9. The fourth-order valence-corrected chi connectivity index (χ4v) is 10.5. The predicted octanol–water partition coefficient (Wildman–Crippen LogP) is 24.3. The molecule has 1 atom stereocenters. The number of ether oxygens (including phenoxy) is 3. The molecular formula is C74H134O6. The van der Waals surface area contributed by atoms with Crippen molar-refractivity contribution in [1.82, 2.24) is 0 Å². The van der Waals surface area contributed by atoms with Gasteiger partial charge in [-0.25, -0.2) is 0 Å². The maximum atomic E-state index is 12.9. The van der Waals surface area contributed by atoms with Crippen molar-refractivity contribution in [2.45, 2.75) is 380 Å². The van der Waals surface area contributed by atoms with Gasteiger partial charge >= 0.3 is 17.9 Å². The Morgan fingerprint density at radius 1 is 0.263 bits per heavy atom. The second kappa shape index (κ2) is 68.6. The van der Waals surface area contributed by atoms with Crippen LogP contribution in [-0.4, -0.2) is 37.2 Å². The molecule has 1 unspecified atom stereocenters.